The lowest BCUT2D eigenvalue weighted by atomic mass is 10.1. The zero-order valence-corrected chi connectivity index (χ0v) is 18.1. The largest absolute Gasteiger partial charge is 0.457 e. The SMILES string of the molecule is CCSC1=NN2C(=c3ccccc3=N[C@H]2c2ccc(-c3cccc(C(F)(F)F)c3)o2)C(=O)N1. The van der Waals surface area contributed by atoms with Crippen LogP contribution in [0, 0.1) is 0 Å². The molecule has 1 aromatic heterocycles. The highest BCUT2D eigenvalue weighted by atomic mass is 32.2. The van der Waals surface area contributed by atoms with Crippen LogP contribution < -0.4 is 15.9 Å². The van der Waals surface area contributed by atoms with Crippen LogP contribution in [0.4, 0.5) is 13.2 Å². The number of nitrogens with one attached hydrogen (secondary N) is 1. The summed E-state index contributed by atoms with van der Waals surface area (Å²) in [6, 6.07) is 15.4. The van der Waals surface area contributed by atoms with Crippen LogP contribution in [0.15, 0.2) is 75.2 Å². The second-order valence-corrected chi connectivity index (χ2v) is 8.54. The molecule has 168 valence electrons. The summed E-state index contributed by atoms with van der Waals surface area (Å²) in [5.41, 5.74) is -0.134. The molecule has 1 amide bonds. The molecule has 2 aromatic carbocycles. The number of rotatable bonds is 3. The highest BCUT2D eigenvalue weighted by molar-refractivity contribution is 8.13. The minimum atomic E-state index is -4.46. The molecule has 0 unspecified atom stereocenters. The summed E-state index contributed by atoms with van der Waals surface area (Å²) in [5.74, 6) is 1.02. The van der Waals surface area contributed by atoms with Gasteiger partial charge in [0.25, 0.3) is 5.91 Å². The lowest BCUT2D eigenvalue weighted by molar-refractivity contribution is -0.137. The normalized spacial score (nSPS) is 17.6. The summed E-state index contributed by atoms with van der Waals surface area (Å²) >= 11 is 1.38. The predicted molar refractivity (Wildman–Crippen MR) is 118 cm³/mol. The van der Waals surface area contributed by atoms with Crippen molar-refractivity contribution in [3.8, 4) is 11.3 Å². The Bertz CT molecular complexity index is 1400. The van der Waals surface area contributed by atoms with Gasteiger partial charge in [0.15, 0.2) is 10.9 Å². The maximum atomic E-state index is 13.1. The molecule has 10 heteroatoms. The number of halogens is 3. The molecule has 2 aliphatic rings. The minimum absolute atomic E-state index is 0.264. The van der Waals surface area contributed by atoms with Gasteiger partial charge in [-0.05, 0) is 36.1 Å². The van der Waals surface area contributed by atoms with E-state index in [1.54, 1.807) is 30.3 Å². The van der Waals surface area contributed by atoms with Crippen molar-refractivity contribution in [2.45, 2.75) is 19.3 Å². The average Bonchev–Trinajstić information content (AvgIpc) is 3.28. The summed E-state index contributed by atoms with van der Waals surface area (Å²) in [5, 5.41) is 10.6. The van der Waals surface area contributed by atoms with Crippen molar-refractivity contribution >= 4 is 28.5 Å². The lowest BCUT2D eigenvalue weighted by Crippen LogP contribution is -2.50. The van der Waals surface area contributed by atoms with Crippen molar-refractivity contribution in [1.82, 2.24) is 10.3 Å². The highest BCUT2D eigenvalue weighted by Gasteiger charge is 2.36. The minimum Gasteiger partial charge on any atom is -0.457 e. The first-order valence-electron chi connectivity index (χ1n) is 10.1. The van der Waals surface area contributed by atoms with Gasteiger partial charge < -0.3 is 4.42 Å². The second-order valence-electron chi connectivity index (χ2n) is 7.29. The van der Waals surface area contributed by atoms with E-state index in [4.69, 9.17) is 9.41 Å². The number of furan rings is 1. The van der Waals surface area contributed by atoms with Crippen LogP contribution in [0.1, 0.15) is 24.4 Å². The molecule has 0 saturated carbocycles. The Morgan fingerprint density at radius 1 is 1.12 bits per heavy atom. The molecule has 5 rings (SSSR count). The molecule has 3 heterocycles. The van der Waals surface area contributed by atoms with Gasteiger partial charge in [0, 0.05) is 10.8 Å². The smallest absolute Gasteiger partial charge is 0.416 e. The van der Waals surface area contributed by atoms with E-state index < -0.39 is 17.9 Å². The van der Waals surface area contributed by atoms with E-state index in [0.717, 1.165) is 12.1 Å². The van der Waals surface area contributed by atoms with Crippen molar-refractivity contribution in [2.75, 3.05) is 5.75 Å². The van der Waals surface area contributed by atoms with E-state index in [2.05, 4.69) is 10.4 Å². The fourth-order valence-corrected chi connectivity index (χ4v) is 4.29. The molecule has 6 nitrogen and oxygen atoms in total. The fourth-order valence-electron chi connectivity index (χ4n) is 3.71. The molecule has 2 aliphatic heterocycles. The van der Waals surface area contributed by atoms with E-state index in [9.17, 15) is 18.0 Å². The summed E-state index contributed by atoms with van der Waals surface area (Å²) in [6.07, 6.45) is -5.24. The van der Waals surface area contributed by atoms with Crippen molar-refractivity contribution in [3.63, 3.8) is 0 Å². The third kappa shape index (κ3) is 3.91. The zero-order chi connectivity index (χ0) is 23.2. The topological polar surface area (TPSA) is 70.2 Å². The Kier molecular flexibility index (Phi) is 5.24. The molecular formula is C23H17F3N4O2S. The first kappa shape index (κ1) is 21.3. The number of amidine groups is 1. The molecule has 33 heavy (non-hydrogen) atoms. The van der Waals surface area contributed by atoms with Gasteiger partial charge in [-0.3, -0.25) is 10.1 Å². The second kappa shape index (κ2) is 8.11. The lowest BCUT2D eigenvalue weighted by Gasteiger charge is -2.32. The van der Waals surface area contributed by atoms with E-state index in [1.165, 1.54) is 22.8 Å². The van der Waals surface area contributed by atoms with Crippen molar-refractivity contribution in [1.29, 1.82) is 0 Å². The third-order valence-electron chi connectivity index (χ3n) is 5.15. The number of benzene rings is 2. The highest BCUT2D eigenvalue weighted by Crippen LogP contribution is 2.36. The Balaban J connectivity index is 1.60. The van der Waals surface area contributed by atoms with Gasteiger partial charge >= 0.3 is 6.18 Å². The fraction of sp³-hybridized carbons (Fsp3) is 0.174. The Hall–Kier alpha value is -3.53. The van der Waals surface area contributed by atoms with E-state index in [1.807, 2.05) is 19.1 Å². The number of para-hydroxylation sites is 1. The molecule has 0 spiro atoms. The van der Waals surface area contributed by atoms with Gasteiger partial charge in [-0.25, -0.2) is 10.0 Å². The van der Waals surface area contributed by atoms with Crippen LogP contribution in [0.25, 0.3) is 17.0 Å². The van der Waals surface area contributed by atoms with Crippen molar-refractivity contribution in [3.05, 3.63) is 82.6 Å². The van der Waals surface area contributed by atoms with Crippen molar-refractivity contribution in [2.24, 2.45) is 10.1 Å². The van der Waals surface area contributed by atoms with Crippen molar-refractivity contribution < 1.29 is 22.4 Å². The number of carbonyl (C=O) groups excluding carboxylic acids is 1. The Morgan fingerprint density at radius 2 is 1.94 bits per heavy atom. The summed E-state index contributed by atoms with van der Waals surface area (Å²) in [7, 11) is 0. The Morgan fingerprint density at radius 3 is 2.73 bits per heavy atom. The van der Waals surface area contributed by atoms with Gasteiger partial charge in [0.1, 0.15) is 11.5 Å². The number of hydrogen-bond acceptors (Lipinski definition) is 6. The molecular weight excluding hydrogens is 453 g/mol. The number of hydrazone groups is 1. The maximum Gasteiger partial charge on any atom is 0.416 e. The van der Waals surface area contributed by atoms with Crippen LogP contribution in [0.3, 0.4) is 0 Å². The molecule has 0 saturated heterocycles. The molecule has 0 radical (unpaired) electrons. The van der Waals surface area contributed by atoms with Crippen LogP contribution in [-0.2, 0) is 11.0 Å². The average molecular weight is 470 g/mol. The van der Waals surface area contributed by atoms with Gasteiger partial charge in [-0.1, -0.05) is 49.0 Å². The van der Waals surface area contributed by atoms with Gasteiger partial charge in [-0.15, -0.1) is 5.10 Å². The summed E-state index contributed by atoms with van der Waals surface area (Å²) in [4.78, 5) is 17.7. The molecule has 1 atom stereocenters. The van der Waals surface area contributed by atoms with Crippen LogP contribution in [0.5, 0.6) is 0 Å². The first-order valence-corrected chi connectivity index (χ1v) is 11.1. The summed E-state index contributed by atoms with van der Waals surface area (Å²) < 4.78 is 45.3. The number of carbonyl (C=O) groups is 1. The van der Waals surface area contributed by atoms with Crippen LogP contribution >= 0.6 is 11.8 Å². The monoisotopic (exact) mass is 470 g/mol. The quantitative estimate of drug-likeness (QED) is 0.631. The van der Waals surface area contributed by atoms with E-state index in [0.29, 0.717) is 38.5 Å². The predicted octanol–water partition coefficient (Wildman–Crippen LogP) is 3.86. The molecule has 0 aliphatic carbocycles. The summed E-state index contributed by atoms with van der Waals surface area (Å²) in [6.45, 7) is 1.94. The number of nitrogens with zero attached hydrogens (tertiary/aromatic N) is 3. The third-order valence-corrected chi connectivity index (χ3v) is 5.90. The molecule has 1 N–H and O–H groups in total. The molecule has 0 bridgehead atoms. The number of hydrogen-bond donors (Lipinski definition) is 1. The standard InChI is InChI=1S/C23H17F3N4O2S/c1-2-33-22-28-21(31)19-15-8-3-4-9-16(15)27-20(30(19)29-22)18-11-10-17(32-18)13-6-5-7-14(12-13)23(24,25)26/h3-12,20H,2H2,1H3,(H,28,29,31)/t20-/m1/s1. The molecule has 3 aromatic rings. The zero-order valence-electron chi connectivity index (χ0n) is 17.3. The maximum absolute atomic E-state index is 13.1. The van der Waals surface area contributed by atoms with Crippen LogP contribution in [-0.4, -0.2) is 21.8 Å². The number of fused-ring (bicyclic) bond motifs is 2. The van der Waals surface area contributed by atoms with Gasteiger partial charge in [-0.2, -0.15) is 13.2 Å². The Labute approximate surface area is 190 Å². The van der Waals surface area contributed by atoms with Gasteiger partial charge in [0.2, 0.25) is 6.17 Å². The number of amides is 1. The first-order chi connectivity index (χ1) is 15.8. The number of thioether (sulfide) groups is 1. The van der Waals surface area contributed by atoms with E-state index >= 15 is 0 Å². The molecule has 0 fully saturated rings. The number of alkyl halides is 3. The van der Waals surface area contributed by atoms with E-state index in [-0.39, 0.29) is 11.7 Å². The van der Waals surface area contributed by atoms with Crippen LogP contribution in [0.2, 0.25) is 0 Å². The van der Waals surface area contributed by atoms with Gasteiger partial charge in [0.05, 0.1) is 10.9 Å².